The van der Waals surface area contributed by atoms with Crippen LogP contribution in [0.3, 0.4) is 0 Å². The molecule has 0 aliphatic carbocycles. The Morgan fingerprint density at radius 1 is 1.13 bits per heavy atom. The second-order valence-corrected chi connectivity index (χ2v) is 5.22. The SMILES string of the molecule is O=C(O)c1nc(-c2cc3c(cc2Cl)OC(F)(F)O3)c(F)cc1Cl. The molecule has 120 valence electrons. The molecule has 0 fully saturated rings. The maximum absolute atomic E-state index is 14.0. The topological polar surface area (TPSA) is 68.7 Å². The number of halogens is 5. The van der Waals surface area contributed by atoms with Gasteiger partial charge in [0.2, 0.25) is 0 Å². The summed E-state index contributed by atoms with van der Waals surface area (Å²) in [4.78, 5) is 14.6. The van der Waals surface area contributed by atoms with Crippen LogP contribution in [0.25, 0.3) is 11.3 Å². The van der Waals surface area contributed by atoms with Gasteiger partial charge in [0.15, 0.2) is 23.0 Å². The fraction of sp³-hybridized carbons (Fsp3) is 0.0769. The molecule has 0 amide bonds. The summed E-state index contributed by atoms with van der Waals surface area (Å²) in [5.74, 6) is -3.19. The highest BCUT2D eigenvalue weighted by Crippen LogP contribution is 2.46. The summed E-state index contributed by atoms with van der Waals surface area (Å²) in [7, 11) is 0. The minimum absolute atomic E-state index is 0.150. The monoisotopic (exact) mass is 365 g/mol. The van der Waals surface area contributed by atoms with Gasteiger partial charge in [-0.25, -0.2) is 14.2 Å². The van der Waals surface area contributed by atoms with E-state index in [1.165, 1.54) is 0 Å². The largest absolute Gasteiger partial charge is 0.586 e. The van der Waals surface area contributed by atoms with Gasteiger partial charge in [0.1, 0.15) is 5.69 Å². The minimum Gasteiger partial charge on any atom is -0.476 e. The van der Waals surface area contributed by atoms with E-state index in [0.717, 1.165) is 18.2 Å². The first kappa shape index (κ1) is 15.7. The molecule has 1 aromatic carbocycles. The van der Waals surface area contributed by atoms with E-state index < -0.39 is 34.5 Å². The molecule has 1 N–H and O–H groups in total. The Balaban J connectivity index is 2.17. The molecule has 10 heteroatoms. The number of hydrogen-bond donors (Lipinski definition) is 1. The van der Waals surface area contributed by atoms with Gasteiger partial charge in [0.25, 0.3) is 0 Å². The number of hydrogen-bond acceptors (Lipinski definition) is 4. The molecular weight excluding hydrogens is 362 g/mol. The number of ether oxygens (including phenoxy) is 2. The number of carbonyl (C=O) groups is 1. The molecule has 0 atom stereocenters. The molecule has 0 bridgehead atoms. The standard InChI is InChI=1S/C13H4Cl2F3NO4/c14-5-3-9-8(22-13(17,18)23-9)1-4(5)10-7(16)2-6(15)11(19-10)12(20)21/h1-3H,(H,20,21). The van der Waals surface area contributed by atoms with Crippen molar-refractivity contribution in [3.8, 4) is 22.8 Å². The predicted octanol–water partition coefficient (Wildman–Crippen LogP) is 4.21. The first-order valence-corrected chi connectivity index (χ1v) is 6.62. The average molecular weight is 366 g/mol. The van der Waals surface area contributed by atoms with Crippen molar-refractivity contribution >= 4 is 29.2 Å². The van der Waals surface area contributed by atoms with Crippen LogP contribution in [-0.2, 0) is 0 Å². The highest BCUT2D eigenvalue weighted by atomic mass is 35.5. The summed E-state index contributed by atoms with van der Waals surface area (Å²) in [6, 6.07) is 2.70. The number of aromatic nitrogens is 1. The Morgan fingerprint density at radius 2 is 1.74 bits per heavy atom. The summed E-state index contributed by atoms with van der Waals surface area (Å²) in [5, 5.41) is 8.37. The average Bonchev–Trinajstić information content (AvgIpc) is 2.71. The maximum Gasteiger partial charge on any atom is 0.586 e. The molecule has 3 rings (SSSR count). The van der Waals surface area contributed by atoms with E-state index in [0.29, 0.717) is 0 Å². The quantitative estimate of drug-likeness (QED) is 0.862. The van der Waals surface area contributed by atoms with Crippen LogP contribution >= 0.6 is 23.2 Å². The van der Waals surface area contributed by atoms with E-state index in [2.05, 4.69) is 14.5 Å². The van der Waals surface area contributed by atoms with Crippen molar-refractivity contribution in [1.29, 1.82) is 0 Å². The number of rotatable bonds is 2. The van der Waals surface area contributed by atoms with Gasteiger partial charge in [-0.2, -0.15) is 0 Å². The number of carboxylic acids is 1. The summed E-state index contributed by atoms with van der Waals surface area (Å²) < 4.78 is 48.6. The van der Waals surface area contributed by atoms with Crippen LogP contribution < -0.4 is 9.47 Å². The smallest absolute Gasteiger partial charge is 0.476 e. The molecule has 1 aromatic heterocycles. The molecular formula is C13H4Cl2F3NO4. The van der Waals surface area contributed by atoms with Crippen molar-refractivity contribution in [3.05, 3.63) is 39.8 Å². The Labute approximate surface area is 136 Å². The number of fused-ring (bicyclic) bond motifs is 1. The van der Waals surface area contributed by atoms with Gasteiger partial charge >= 0.3 is 12.3 Å². The fourth-order valence-corrected chi connectivity index (χ4v) is 2.42. The van der Waals surface area contributed by atoms with E-state index in [4.69, 9.17) is 28.3 Å². The normalized spacial score (nSPS) is 14.8. The molecule has 2 heterocycles. The van der Waals surface area contributed by atoms with E-state index in [9.17, 15) is 18.0 Å². The number of carboxylic acid groups (broad SMARTS) is 1. The summed E-state index contributed by atoms with van der Waals surface area (Å²) in [6.07, 6.45) is -3.87. The number of nitrogens with zero attached hydrogens (tertiary/aromatic N) is 1. The highest BCUT2D eigenvalue weighted by Gasteiger charge is 2.44. The van der Waals surface area contributed by atoms with Crippen LogP contribution in [0.1, 0.15) is 10.5 Å². The zero-order chi connectivity index (χ0) is 16.9. The van der Waals surface area contributed by atoms with Gasteiger partial charge in [0, 0.05) is 11.6 Å². The van der Waals surface area contributed by atoms with Crippen LogP contribution in [0.2, 0.25) is 10.0 Å². The molecule has 0 saturated carbocycles. The van der Waals surface area contributed by atoms with Crippen LogP contribution in [0, 0.1) is 5.82 Å². The second-order valence-electron chi connectivity index (χ2n) is 4.40. The molecule has 5 nitrogen and oxygen atoms in total. The Bertz CT molecular complexity index is 844. The summed E-state index contributed by atoms with van der Waals surface area (Å²) >= 11 is 11.5. The molecule has 0 saturated heterocycles. The molecule has 2 aromatic rings. The first-order valence-electron chi connectivity index (χ1n) is 5.87. The molecule has 1 aliphatic rings. The molecule has 1 aliphatic heterocycles. The lowest BCUT2D eigenvalue weighted by Gasteiger charge is -2.08. The third-order valence-electron chi connectivity index (χ3n) is 2.88. The van der Waals surface area contributed by atoms with Gasteiger partial charge in [-0.05, 0) is 12.1 Å². The molecule has 0 spiro atoms. The third-order valence-corrected chi connectivity index (χ3v) is 3.48. The second kappa shape index (κ2) is 5.17. The lowest BCUT2D eigenvalue weighted by Crippen LogP contribution is -2.25. The van der Waals surface area contributed by atoms with Crippen molar-refractivity contribution in [1.82, 2.24) is 4.98 Å². The van der Waals surface area contributed by atoms with Crippen molar-refractivity contribution in [2.45, 2.75) is 6.29 Å². The first-order chi connectivity index (χ1) is 10.7. The summed E-state index contributed by atoms with van der Waals surface area (Å²) in [5.41, 5.74) is -1.23. The van der Waals surface area contributed by atoms with E-state index in [-0.39, 0.29) is 22.1 Å². The summed E-state index contributed by atoms with van der Waals surface area (Å²) in [6.45, 7) is 0. The number of alkyl halides is 2. The molecule has 0 unspecified atom stereocenters. The van der Waals surface area contributed by atoms with Crippen LogP contribution in [0.5, 0.6) is 11.5 Å². The third kappa shape index (κ3) is 2.75. The number of benzene rings is 1. The van der Waals surface area contributed by atoms with E-state index in [1.807, 2.05) is 0 Å². The number of pyridine rings is 1. The zero-order valence-corrected chi connectivity index (χ0v) is 12.3. The zero-order valence-electron chi connectivity index (χ0n) is 10.7. The molecule has 0 radical (unpaired) electrons. The molecule has 23 heavy (non-hydrogen) atoms. The lowest BCUT2D eigenvalue weighted by molar-refractivity contribution is -0.286. The van der Waals surface area contributed by atoms with Crippen molar-refractivity contribution in [2.24, 2.45) is 0 Å². The van der Waals surface area contributed by atoms with Gasteiger partial charge < -0.3 is 14.6 Å². The highest BCUT2D eigenvalue weighted by molar-refractivity contribution is 6.34. The van der Waals surface area contributed by atoms with E-state index >= 15 is 0 Å². The van der Waals surface area contributed by atoms with Gasteiger partial charge in [-0.1, -0.05) is 23.2 Å². The maximum atomic E-state index is 14.0. The predicted molar refractivity (Wildman–Crippen MR) is 72.8 cm³/mol. The van der Waals surface area contributed by atoms with Crippen LogP contribution in [0.15, 0.2) is 18.2 Å². The lowest BCUT2D eigenvalue weighted by atomic mass is 10.1. The van der Waals surface area contributed by atoms with E-state index in [1.54, 1.807) is 0 Å². The van der Waals surface area contributed by atoms with Crippen LogP contribution in [0.4, 0.5) is 13.2 Å². The van der Waals surface area contributed by atoms with Gasteiger partial charge in [0.05, 0.1) is 10.0 Å². The van der Waals surface area contributed by atoms with Crippen LogP contribution in [-0.4, -0.2) is 22.4 Å². The van der Waals surface area contributed by atoms with Crippen molar-refractivity contribution in [3.63, 3.8) is 0 Å². The fourth-order valence-electron chi connectivity index (χ4n) is 1.96. The van der Waals surface area contributed by atoms with Gasteiger partial charge in [-0.3, -0.25) is 0 Å². The Hall–Kier alpha value is -2.19. The Morgan fingerprint density at radius 3 is 2.35 bits per heavy atom. The number of aromatic carboxylic acids is 1. The minimum atomic E-state index is -3.87. The van der Waals surface area contributed by atoms with Crippen molar-refractivity contribution < 1.29 is 32.5 Å². The van der Waals surface area contributed by atoms with Gasteiger partial charge in [-0.15, -0.1) is 8.78 Å². The Kier molecular flexibility index (Phi) is 3.53. The van der Waals surface area contributed by atoms with Crippen molar-refractivity contribution in [2.75, 3.05) is 0 Å².